The van der Waals surface area contributed by atoms with Crippen LogP contribution in [-0.4, -0.2) is 29.1 Å². The molecular formula is C12H16BrNO2S. The van der Waals surface area contributed by atoms with E-state index in [2.05, 4.69) is 32.3 Å². The van der Waals surface area contributed by atoms with Crippen LogP contribution in [0, 0.1) is 5.92 Å². The minimum absolute atomic E-state index is 0.308. The van der Waals surface area contributed by atoms with E-state index in [1.807, 2.05) is 0 Å². The first-order valence-electron chi connectivity index (χ1n) is 5.81. The quantitative estimate of drug-likeness (QED) is 0.927. The second-order valence-electron chi connectivity index (χ2n) is 4.53. The number of carboxylic acid groups (broad SMARTS) is 1. The molecule has 94 valence electrons. The average molecular weight is 318 g/mol. The Morgan fingerprint density at radius 3 is 3.12 bits per heavy atom. The molecule has 0 radical (unpaired) electrons. The van der Waals surface area contributed by atoms with Crippen molar-refractivity contribution < 1.29 is 9.90 Å². The first-order chi connectivity index (χ1) is 8.15. The maximum Gasteiger partial charge on any atom is 0.303 e. The van der Waals surface area contributed by atoms with Gasteiger partial charge < -0.3 is 5.11 Å². The Bertz CT molecular complexity index is 394. The molecule has 5 heteroatoms. The van der Waals surface area contributed by atoms with Crippen molar-refractivity contribution in [2.24, 2.45) is 5.92 Å². The van der Waals surface area contributed by atoms with Crippen LogP contribution in [0.25, 0.3) is 0 Å². The molecule has 1 aromatic rings. The number of carbonyl (C=O) groups is 1. The minimum atomic E-state index is -0.672. The number of aliphatic carboxylic acids is 1. The summed E-state index contributed by atoms with van der Waals surface area (Å²) in [6, 6.07) is 2.07. The molecule has 0 bridgehead atoms. The van der Waals surface area contributed by atoms with Gasteiger partial charge >= 0.3 is 5.97 Å². The maximum absolute atomic E-state index is 10.7. The lowest BCUT2D eigenvalue weighted by atomic mass is 9.95. The lowest BCUT2D eigenvalue weighted by Crippen LogP contribution is -2.35. The summed E-state index contributed by atoms with van der Waals surface area (Å²) >= 11 is 5.29. The molecular weight excluding hydrogens is 302 g/mol. The summed E-state index contributed by atoms with van der Waals surface area (Å²) in [5.41, 5.74) is 0. The van der Waals surface area contributed by atoms with Gasteiger partial charge in [-0.05, 0) is 52.7 Å². The highest BCUT2D eigenvalue weighted by Crippen LogP contribution is 2.27. The van der Waals surface area contributed by atoms with E-state index in [9.17, 15) is 4.79 Å². The first kappa shape index (κ1) is 13.1. The van der Waals surface area contributed by atoms with Crippen LogP contribution in [0.3, 0.4) is 0 Å². The van der Waals surface area contributed by atoms with Crippen LogP contribution in [-0.2, 0) is 11.3 Å². The molecule has 1 N–H and O–H groups in total. The van der Waals surface area contributed by atoms with Gasteiger partial charge in [-0.15, -0.1) is 11.3 Å². The highest BCUT2D eigenvalue weighted by molar-refractivity contribution is 9.10. The van der Waals surface area contributed by atoms with Crippen molar-refractivity contribution in [1.82, 2.24) is 4.90 Å². The molecule has 0 saturated carbocycles. The third-order valence-electron chi connectivity index (χ3n) is 3.12. The summed E-state index contributed by atoms with van der Waals surface area (Å²) < 4.78 is 1.17. The van der Waals surface area contributed by atoms with Crippen LogP contribution in [0.4, 0.5) is 0 Å². The van der Waals surface area contributed by atoms with Gasteiger partial charge in [0.1, 0.15) is 0 Å². The molecule has 2 rings (SSSR count). The Kier molecular flexibility index (Phi) is 4.59. The van der Waals surface area contributed by atoms with Crippen LogP contribution >= 0.6 is 27.3 Å². The Morgan fingerprint density at radius 2 is 2.47 bits per heavy atom. The number of thiophene rings is 1. The fourth-order valence-electron chi connectivity index (χ4n) is 2.35. The molecule has 2 heterocycles. The fourth-order valence-corrected chi connectivity index (χ4v) is 3.87. The Morgan fingerprint density at radius 1 is 1.65 bits per heavy atom. The lowest BCUT2D eigenvalue weighted by Gasteiger charge is -2.31. The number of carboxylic acids is 1. The number of halogens is 1. The summed E-state index contributed by atoms with van der Waals surface area (Å²) in [5, 5.41) is 10.9. The number of likely N-dealkylation sites (tertiary alicyclic amines) is 1. The van der Waals surface area contributed by atoms with Gasteiger partial charge in [-0.25, -0.2) is 0 Å². The molecule has 3 nitrogen and oxygen atoms in total. The predicted molar refractivity (Wildman–Crippen MR) is 72.3 cm³/mol. The smallest absolute Gasteiger partial charge is 0.303 e. The lowest BCUT2D eigenvalue weighted by molar-refractivity contribution is -0.138. The van der Waals surface area contributed by atoms with E-state index in [1.54, 1.807) is 11.3 Å². The van der Waals surface area contributed by atoms with Gasteiger partial charge in [0.2, 0.25) is 0 Å². The molecule has 1 aromatic heterocycles. The Hall–Kier alpha value is -0.390. The van der Waals surface area contributed by atoms with Gasteiger partial charge in [0.05, 0.1) is 0 Å². The second kappa shape index (κ2) is 5.98. The molecule has 0 aliphatic carbocycles. The second-order valence-corrected chi connectivity index (χ2v) is 6.39. The number of nitrogens with zero attached hydrogens (tertiary/aromatic N) is 1. The Balaban J connectivity index is 1.89. The molecule has 0 amide bonds. The Labute approximate surface area is 114 Å². The van der Waals surface area contributed by atoms with E-state index in [4.69, 9.17) is 5.11 Å². The summed E-state index contributed by atoms with van der Waals surface area (Å²) in [6.45, 7) is 2.94. The summed E-state index contributed by atoms with van der Waals surface area (Å²) in [4.78, 5) is 14.4. The van der Waals surface area contributed by atoms with Crippen LogP contribution in [0.2, 0.25) is 0 Å². The van der Waals surface area contributed by atoms with Crippen molar-refractivity contribution >= 4 is 33.2 Å². The van der Waals surface area contributed by atoms with Crippen LogP contribution in [0.5, 0.6) is 0 Å². The van der Waals surface area contributed by atoms with Crippen molar-refractivity contribution in [1.29, 1.82) is 0 Å². The average Bonchev–Trinajstić information content (AvgIpc) is 2.64. The van der Waals surface area contributed by atoms with E-state index in [0.29, 0.717) is 12.3 Å². The van der Waals surface area contributed by atoms with E-state index >= 15 is 0 Å². The molecule has 1 aliphatic rings. The van der Waals surface area contributed by atoms with E-state index < -0.39 is 5.97 Å². The SMILES string of the molecule is O=C(O)CC1CCCN(Cc2sccc2Br)C1. The van der Waals surface area contributed by atoms with Gasteiger partial charge in [0.15, 0.2) is 0 Å². The number of rotatable bonds is 4. The van der Waals surface area contributed by atoms with Crippen molar-refractivity contribution in [2.45, 2.75) is 25.8 Å². The number of hydrogen-bond acceptors (Lipinski definition) is 3. The van der Waals surface area contributed by atoms with E-state index in [1.165, 1.54) is 9.35 Å². The topological polar surface area (TPSA) is 40.5 Å². The van der Waals surface area contributed by atoms with Gasteiger partial charge in [0, 0.05) is 28.9 Å². The van der Waals surface area contributed by atoms with Crippen molar-refractivity contribution in [3.63, 3.8) is 0 Å². The standard InChI is InChI=1S/C12H16BrNO2S/c13-10-3-5-17-11(10)8-14-4-1-2-9(7-14)6-12(15)16/h3,5,9H,1-2,4,6-8H2,(H,15,16). The molecule has 1 aliphatic heterocycles. The van der Waals surface area contributed by atoms with E-state index in [-0.39, 0.29) is 0 Å². The van der Waals surface area contributed by atoms with Crippen molar-refractivity contribution in [3.8, 4) is 0 Å². The van der Waals surface area contributed by atoms with Crippen LogP contribution in [0.1, 0.15) is 24.1 Å². The predicted octanol–water partition coefficient (Wildman–Crippen LogP) is 3.20. The van der Waals surface area contributed by atoms with Crippen LogP contribution in [0.15, 0.2) is 15.9 Å². The zero-order chi connectivity index (χ0) is 12.3. The highest BCUT2D eigenvalue weighted by atomic mass is 79.9. The van der Waals surface area contributed by atoms with E-state index in [0.717, 1.165) is 32.5 Å². The molecule has 0 aromatic carbocycles. The molecule has 0 spiro atoms. The normalized spacial score (nSPS) is 21.6. The third-order valence-corrected chi connectivity index (χ3v) is 5.04. The largest absolute Gasteiger partial charge is 0.481 e. The van der Waals surface area contributed by atoms with Crippen molar-refractivity contribution in [3.05, 3.63) is 20.8 Å². The summed E-state index contributed by atoms with van der Waals surface area (Å²) in [5.74, 6) is -0.353. The highest BCUT2D eigenvalue weighted by Gasteiger charge is 2.22. The number of piperidine rings is 1. The maximum atomic E-state index is 10.7. The molecule has 1 unspecified atom stereocenters. The molecule has 1 fully saturated rings. The first-order valence-corrected chi connectivity index (χ1v) is 7.48. The molecule has 17 heavy (non-hydrogen) atoms. The zero-order valence-corrected chi connectivity index (χ0v) is 12.0. The van der Waals surface area contributed by atoms with Crippen molar-refractivity contribution in [2.75, 3.05) is 13.1 Å². The summed E-state index contributed by atoms with van der Waals surface area (Å²) in [7, 11) is 0. The molecule has 1 saturated heterocycles. The van der Waals surface area contributed by atoms with Crippen LogP contribution < -0.4 is 0 Å². The van der Waals surface area contributed by atoms with Gasteiger partial charge in [-0.3, -0.25) is 9.69 Å². The van der Waals surface area contributed by atoms with Gasteiger partial charge in [0.25, 0.3) is 0 Å². The third kappa shape index (κ3) is 3.79. The number of hydrogen-bond donors (Lipinski definition) is 1. The zero-order valence-electron chi connectivity index (χ0n) is 9.56. The fraction of sp³-hybridized carbons (Fsp3) is 0.583. The minimum Gasteiger partial charge on any atom is -0.481 e. The van der Waals surface area contributed by atoms with Gasteiger partial charge in [-0.1, -0.05) is 0 Å². The monoisotopic (exact) mass is 317 g/mol. The molecule has 1 atom stereocenters. The van der Waals surface area contributed by atoms with Gasteiger partial charge in [-0.2, -0.15) is 0 Å². The summed E-state index contributed by atoms with van der Waals surface area (Å²) in [6.07, 6.45) is 2.47.